The second-order valence-electron chi connectivity index (χ2n) is 8.57. The Hall–Kier alpha value is -0.300. The largest absolute Gasteiger partial charge is 0.390 e. The Bertz CT molecular complexity index is 435. The molecule has 3 saturated carbocycles. The summed E-state index contributed by atoms with van der Waals surface area (Å²) >= 11 is 0. The monoisotopic (exact) mass is 274 g/mol. The summed E-state index contributed by atoms with van der Waals surface area (Å²) in [6.07, 6.45) is 14.6. The number of fused-ring (bicyclic) bond motifs is 5. The molecule has 3 fully saturated rings. The van der Waals surface area contributed by atoms with Crippen LogP contribution in [0.2, 0.25) is 0 Å². The molecule has 1 nitrogen and oxygen atoms in total. The van der Waals surface area contributed by atoms with Crippen LogP contribution in [-0.4, -0.2) is 10.7 Å². The lowest BCUT2D eigenvalue weighted by Gasteiger charge is -2.54. The summed E-state index contributed by atoms with van der Waals surface area (Å²) in [5, 5.41) is 10.9. The van der Waals surface area contributed by atoms with Gasteiger partial charge in [-0.15, -0.1) is 0 Å². The first-order chi connectivity index (χ1) is 9.53. The van der Waals surface area contributed by atoms with Crippen LogP contribution in [0.5, 0.6) is 0 Å². The average molecular weight is 274 g/mol. The van der Waals surface area contributed by atoms with Crippen molar-refractivity contribution in [2.75, 3.05) is 0 Å². The Morgan fingerprint density at radius 1 is 1.05 bits per heavy atom. The van der Waals surface area contributed by atoms with E-state index in [2.05, 4.69) is 19.9 Å². The van der Waals surface area contributed by atoms with Gasteiger partial charge in [0.05, 0.1) is 5.60 Å². The van der Waals surface area contributed by atoms with Crippen LogP contribution in [0, 0.1) is 29.1 Å². The molecule has 0 heterocycles. The van der Waals surface area contributed by atoms with Gasteiger partial charge in [0.15, 0.2) is 0 Å². The maximum absolute atomic E-state index is 10.9. The first-order valence-corrected chi connectivity index (χ1v) is 8.94. The van der Waals surface area contributed by atoms with Crippen LogP contribution in [0.4, 0.5) is 0 Å². The van der Waals surface area contributed by atoms with Crippen LogP contribution in [0.15, 0.2) is 11.6 Å². The van der Waals surface area contributed by atoms with E-state index in [0.717, 1.165) is 30.1 Å². The summed E-state index contributed by atoms with van der Waals surface area (Å²) in [5.74, 6) is 3.51. The minimum absolute atomic E-state index is 0.189. The number of hydrogen-bond donors (Lipinski definition) is 1. The topological polar surface area (TPSA) is 20.2 Å². The van der Waals surface area contributed by atoms with E-state index in [1.165, 1.54) is 51.4 Å². The third-order valence-electron chi connectivity index (χ3n) is 7.93. The van der Waals surface area contributed by atoms with Crippen molar-refractivity contribution >= 4 is 0 Å². The Kier molecular flexibility index (Phi) is 2.91. The second-order valence-corrected chi connectivity index (χ2v) is 8.57. The Morgan fingerprint density at radius 2 is 1.90 bits per heavy atom. The summed E-state index contributed by atoms with van der Waals surface area (Å²) in [5.41, 5.74) is 1.58. The lowest BCUT2D eigenvalue weighted by Crippen LogP contribution is -2.51. The predicted octanol–water partition coefficient (Wildman–Crippen LogP) is 4.70. The van der Waals surface area contributed by atoms with Gasteiger partial charge in [0, 0.05) is 0 Å². The van der Waals surface area contributed by atoms with Crippen LogP contribution in [0.3, 0.4) is 0 Å². The van der Waals surface area contributed by atoms with Crippen molar-refractivity contribution in [3.8, 4) is 0 Å². The van der Waals surface area contributed by atoms with Crippen molar-refractivity contribution in [2.45, 2.75) is 77.2 Å². The normalized spacial score (nSPS) is 54.6. The highest BCUT2D eigenvalue weighted by Gasteiger charge is 2.59. The van der Waals surface area contributed by atoms with E-state index in [-0.39, 0.29) is 5.41 Å². The average Bonchev–Trinajstić information content (AvgIpc) is 2.69. The first-order valence-electron chi connectivity index (χ1n) is 8.94. The molecule has 112 valence electrons. The summed E-state index contributed by atoms with van der Waals surface area (Å²) in [4.78, 5) is 0. The highest BCUT2D eigenvalue weighted by Crippen LogP contribution is 2.64. The Labute approximate surface area is 123 Å². The summed E-state index contributed by atoms with van der Waals surface area (Å²) in [6, 6.07) is 0. The van der Waals surface area contributed by atoms with E-state index in [1.807, 2.05) is 5.57 Å². The van der Waals surface area contributed by atoms with E-state index in [4.69, 9.17) is 0 Å². The molecule has 3 unspecified atom stereocenters. The molecule has 0 saturated heterocycles. The SMILES string of the molecule is C[C@]1(O)CCC2C3CC=C4CCCC[C@@H]4C3CC[C@@]21C. The molecule has 0 aliphatic heterocycles. The second kappa shape index (κ2) is 4.35. The predicted molar refractivity (Wildman–Crippen MR) is 82.3 cm³/mol. The zero-order valence-corrected chi connectivity index (χ0v) is 13.2. The Balaban J connectivity index is 1.66. The molecule has 4 aliphatic rings. The fourth-order valence-electron chi connectivity index (χ4n) is 6.49. The standard InChI is InChI=1S/C19H30O/c1-18-11-9-15-14-6-4-3-5-13(14)7-8-16(15)17(18)10-12-19(18,2)20/h7,14-17,20H,3-6,8-12H2,1-2H3/t14-,15?,16?,17?,18-,19-/m0/s1. The zero-order valence-electron chi connectivity index (χ0n) is 13.2. The zero-order chi connectivity index (χ0) is 14.0. The van der Waals surface area contributed by atoms with Gasteiger partial charge in [0.1, 0.15) is 0 Å². The van der Waals surface area contributed by atoms with E-state index in [9.17, 15) is 5.11 Å². The van der Waals surface area contributed by atoms with Gasteiger partial charge >= 0.3 is 0 Å². The molecule has 0 bridgehead atoms. The van der Waals surface area contributed by atoms with Crippen LogP contribution in [-0.2, 0) is 0 Å². The third-order valence-corrected chi connectivity index (χ3v) is 7.93. The maximum Gasteiger partial charge on any atom is 0.0675 e. The van der Waals surface area contributed by atoms with E-state index in [1.54, 1.807) is 0 Å². The molecule has 1 N–H and O–H groups in total. The van der Waals surface area contributed by atoms with Gasteiger partial charge in [-0.2, -0.15) is 0 Å². The molecular weight excluding hydrogens is 244 g/mol. The van der Waals surface area contributed by atoms with Crippen molar-refractivity contribution < 1.29 is 5.11 Å². The van der Waals surface area contributed by atoms with Crippen LogP contribution in [0.25, 0.3) is 0 Å². The van der Waals surface area contributed by atoms with Crippen LogP contribution >= 0.6 is 0 Å². The summed E-state index contributed by atoms with van der Waals surface area (Å²) in [7, 11) is 0. The molecule has 1 heteroatoms. The number of allylic oxidation sites excluding steroid dienone is 2. The number of aliphatic hydroxyl groups is 1. The molecule has 0 aromatic rings. The minimum atomic E-state index is -0.417. The summed E-state index contributed by atoms with van der Waals surface area (Å²) in [6.45, 7) is 4.50. The molecule has 20 heavy (non-hydrogen) atoms. The lowest BCUT2D eigenvalue weighted by molar-refractivity contribution is -0.103. The van der Waals surface area contributed by atoms with Crippen molar-refractivity contribution in [3.63, 3.8) is 0 Å². The highest BCUT2D eigenvalue weighted by atomic mass is 16.3. The molecule has 0 spiro atoms. The summed E-state index contributed by atoms with van der Waals surface area (Å²) < 4.78 is 0. The van der Waals surface area contributed by atoms with Crippen molar-refractivity contribution in [3.05, 3.63) is 11.6 Å². The van der Waals surface area contributed by atoms with E-state index >= 15 is 0 Å². The molecule has 6 atom stereocenters. The molecule has 0 aromatic carbocycles. The van der Waals surface area contributed by atoms with Crippen molar-refractivity contribution in [2.24, 2.45) is 29.1 Å². The molecular formula is C19H30O. The van der Waals surface area contributed by atoms with Gasteiger partial charge in [-0.1, -0.05) is 25.0 Å². The molecule has 0 radical (unpaired) electrons. The van der Waals surface area contributed by atoms with Crippen molar-refractivity contribution in [1.29, 1.82) is 0 Å². The highest BCUT2D eigenvalue weighted by molar-refractivity contribution is 5.20. The maximum atomic E-state index is 10.9. The quantitative estimate of drug-likeness (QED) is 0.635. The lowest BCUT2D eigenvalue weighted by atomic mass is 9.51. The number of hydrogen-bond acceptors (Lipinski definition) is 1. The van der Waals surface area contributed by atoms with Crippen LogP contribution in [0.1, 0.15) is 71.6 Å². The van der Waals surface area contributed by atoms with Crippen molar-refractivity contribution in [1.82, 2.24) is 0 Å². The van der Waals surface area contributed by atoms with Gasteiger partial charge in [0.25, 0.3) is 0 Å². The third kappa shape index (κ3) is 1.65. The minimum Gasteiger partial charge on any atom is -0.390 e. The number of rotatable bonds is 0. The van der Waals surface area contributed by atoms with Crippen LogP contribution < -0.4 is 0 Å². The molecule has 4 aliphatic carbocycles. The van der Waals surface area contributed by atoms with E-state index in [0.29, 0.717) is 0 Å². The van der Waals surface area contributed by atoms with E-state index < -0.39 is 5.60 Å². The molecule has 0 amide bonds. The fraction of sp³-hybridized carbons (Fsp3) is 0.895. The van der Waals surface area contributed by atoms with Gasteiger partial charge < -0.3 is 5.11 Å². The van der Waals surface area contributed by atoms with Gasteiger partial charge in [-0.05, 0) is 87.4 Å². The first kappa shape index (κ1) is 13.4. The van der Waals surface area contributed by atoms with Gasteiger partial charge in [0.2, 0.25) is 0 Å². The van der Waals surface area contributed by atoms with Gasteiger partial charge in [-0.3, -0.25) is 0 Å². The fourth-order valence-corrected chi connectivity index (χ4v) is 6.49. The molecule has 4 rings (SSSR count). The Morgan fingerprint density at radius 3 is 2.75 bits per heavy atom. The smallest absolute Gasteiger partial charge is 0.0675 e. The van der Waals surface area contributed by atoms with Gasteiger partial charge in [-0.25, -0.2) is 0 Å². The molecule has 0 aromatic heterocycles.